The van der Waals surface area contributed by atoms with Crippen LogP contribution in [0.5, 0.6) is 0 Å². The van der Waals surface area contributed by atoms with Gasteiger partial charge in [-0.1, -0.05) is 42.5 Å². The maximum absolute atomic E-state index is 12.4. The second-order valence-electron chi connectivity index (χ2n) is 4.73. The molecule has 2 heterocycles. The van der Waals surface area contributed by atoms with Crippen LogP contribution in [0, 0.1) is 4.64 Å². The van der Waals surface area contributed by atoms with Crippen LogP contribution < -0.4 is 5.69 Å². The van der Waals surface area contributed by atoms with E-state index in [0.717, 1.165) is 16.9 Å². The highest BCUT2D eigenvalue weighted by Crippen LogP contribution is 2.20. The minimum Gasteiger partial charge on any atom is -0.334 e. The number of nitrogens with zero attached hydrogens (tertiary/aromatic N) is 3. The smallest absolute Gasteiger partial charge is 0.330 e. The van der Waals surface area contributed by atoms with Gasteiger partial charge in [0.15, 0.2) is 5.65 Å². The summed E-state index contributed by atoms with van der Waals surface area (Å²) in [5.41, 5.74) is 2.23. The van der Waals surface area contributed by atoms with E-state index in [9.17, 15) is 4.79 Å². The third kappa shape index (κ3) is 2.12. The molecule has 3 aromatic rings. The third-order valence-corrected chi connectivity index (χ3v) is 3.97. The summed E-state index contributed by atoms with van der Waals surface area (Å²) in [6, 6.07) is 9.82. The zero-order chi connectivity index (χ0) is 15.0. The van der Waals surface area contributed by atoms with Crippen LogP contribution in [-0.4, -0.2) is 19.1 Å². The normalized spacial score (nSPS) is 11.1. The zero-order valence-corrected chi connectivity index (χ0v) is 12.8. The van der Waals surface area contributed by atoms with Crippen LogP contribution in [-0.2, 0) is 13.1 Å². The predicted octanol–water partition coefficient (Wildman–Crippen LogP) is 2.96. The lowest BCUT2D eigenvalue weighted by atomic mass is 10.2. The van der Waals surface area contributed by atoms with Gasteiger partial charge in [-0.25, -0.2) is 9.78 Å². The Labute approximate surface area is 126 Å². The SMILES string of the molecule is CCn1c(=S)c2[nH]c(-c3ccccc3)nc2n(CC)c1=O. The van der Waals surface area contributed by atoms with E-state index >= 15 is 0 Å². The molecule has 0 spiro atoms. The lowest BCUT2D eigenvalue weighted by Gasteiger charge is -2.08. The van der Waals surface area contributed by atoms with Crippen molar-refractivity contribution in [3.8, 4) is 11.4 Å². The molecule has 0 atom stereocenters. The van der Waals surface area contributed by atoms with Gasteiger partial charge in [-0.3, -0.25) is 9.13 Å². The summed E-state index contributed by atoms with van der Waals surface area (Å²) in [6.07, 6.45) is 0. The summed E-state index contributed by atoms with van der Waals surface area (Å²) in [5, 5.41) is 0. The molecule has 0 aliphatic heterocycles. The number of benzene rings is 1. The van der Waals surface area contributed by atoms with E-state index in [1.807, 2.05) is 44.2 Å². The Morgan fingerprint density at radius 3 is 2.43 bits per heavy atom. The fourth-order valence-corrected chi connectivity index (χ4v) is 2.81. The number of aromatic amines is 1. The van der Waals surface area contributed by atoms with Crippen LogP contribution >= 0.6 is 12.2 Å². The van der Waals surface area contributed by atoms with Crippen LogP contribution in [0.1, 0.15) is 13.8 Å². The van der Waals surface area contributed by atoms with E-state index in [2.05, 4.69) is 9.97 Å². The van der Waals surface area contributed by atoms with Crippen molar-refractivity contribution >= 4 is 23.4 Å². The average Bonchev–Trinajstić information content (AvgIpc) is 2.94. The Morgan fingerprint density at radius 2 is 1.81 bits per heavy atom. The maximum Gasteiger partial charge on any atom is 0.330 e. The number of hydrogen-bond acceptors (Lipinski definition) is 3. The van der Waals surface area contributed by atoms with Crippen molar-refractivity contribution in [3.05, 3.63) is 45.5 Å². The summed E-state index contributed by atoms with van der Waals surface area (Å²) in [4.78, 5) is 20.3. The summed E-state index contributed by atoms with van der Waals surface area (Å²) in [5.74, 6) is 0.729. The first-order valence-corrected chi connectivity index (χ1v) is 7.37. The molecule has 2 aromatic heterocycles. The van der Waals surface area contributed by atoms with Crippen LogP contribution in [0.15, 0.2) is 35.1 Å². The molecule has 21 heavy (non-hydrogen) atoms. The molecule has 0 bridgehead atoms. The Hall–Kier alpha value is -2.21. The molecule has 0 radical (unpaired) electrons. The van der Waals surface area contributed by atoms with Gasteiger partial charge in [0.25, 0.3) is 0 Å². The van der Waals surface area contributed by atoms with Gasteiger partial charge >= 0.3 is 5.69 Å². The number of aryl methyl sites for hydroxylation is 1. The molecule has 0 unspecified atom stereocenters. The van der Waals surface area contributed by atoms with Gasteiger partial charge in [0, 0.05) is 18.7 Å². The third-order valence-electron chi connectivity index (χ3n) is 3.54. The predicted molar refractivity (Wildman–Crippen MR) is 86.0 cm³/mol. The molecule has 0 saturated carbocycles. The van der Waals surface area contributed by atoms with Crippen LogP contribution in [0.2, 0.25) is 0 Å². The van der Waals surface area contributed by atoms with Gasteiger partial charge in [0.1, 0.15) is 16.0 Å². The summed E-state index contributed by atoms with van der Waals surface area (Å²) >= 11 is 5.43. The molecule has 0 aliphatic carbocycles. The van der Waals surface area contributed by atoms with E-state index in [-0.39, 0.29) is 5.69 Å². The Bertz CT molecular complexity index is 905. The molecule has 0 fully saturated rings. The van der Waals surface area contributed by atoms with Crippen LogP contribution in [0.25, 0.3) is 22.6 Å². The molecular formula is C15H16N4OS. The fraction of sp³-hybridized carbons (Fsp3) is 0.267. The number of fused-ring (bicyclic) bond motifs is 1. The first kappa shape index (κ1) is 13.8. The van der Waals surface area contributed by atoms with Gasteiger partial charge in [0.2, 0.25) is 0 Å². The molecule has 5 nitrogen and oxygen atoms in total. The highest BCUT2D eigenvalue weighted by molar-refractivity contribution is 7.71. The number of aromatic nitrogens is 4. The topological polar surface area (TPSA) is 55.6 Å². The highest BCUT2D eigenvalue weighted by Gasteiger charge is 2.14. The largest absolute Gasteiger partial charge is 0.334 e. The molecule has 1 aromatic carbocycles. The van der Waals surface area contributed by atoms with E-state index in [0.29, 0.717) is 23.4 Å². The number of H-pyrrole nitrogens is 1. The average molecular weight is 300 g/mol. The molecule has 6 heteroatoms. The van der Waals surface area contributed by atoms with Gasteiger partial charge in [-0.2, -0.15) is 0 Å². The van der Waals surface area contributed by atoms with Crippen molar-refractivity contribution in [2.24, 2.45) is 0 Å². The van der Waals surface area contributed by atoms with Crippen LogP contribution in [0.4, 0.5) is 0 Å². The van der Waals surface area contributed by atoms with Crippen LogP contribution in [0.3, 0.4) is 0 Å². The second-order valence-corrected chi connectivity index (χ2v) is 5.11. The Kier molecular flexibility index (Phi) is 3.47. The molecular weight excluding hydrogens is 284 g/mol. The molecule has 0 amide bonds. The van der Waals surface area contributed by atoms with Crippen molar-refractivity contribution in [2.75, 3.05) is 0 Å². The first-order chi connectivity index (χ1) is 10.2. The summed E-state index contributed by atoms with van der Waals surface area (Å²) in [6.45, 7) is 4.95. The summed E-state index contributed by atoms with van der Waals surface area (Å²) < 4.78 is 3.75. The minimum atomic E-state index is -0.108. The molecule has 3 rings (SSSR count). The van der Waals surface area contributed by atoms with E-state index in [1.54, 1.807) is 9.13 Å². The first-order valence-electron chi connectivity index (χ1n) is 6.96. The molecule has 0 saturated heterocycles. The minimum absolute atomic E-state index is 0.108. The van der Waals surface area contributed by atoms with Crippen molar-refractivity contribution in [3.63, 3.8) is 0 Å². The Balaban J connectivity index is 2.39. The van der Waals surface area contributed by atoms with E-state index in [4.69, 9.17) is 12.2 Å². The lowest BCUT2D eigenvalue weighted by molar-refractivity contribution is 0.615. The number of rotatable bonds is 3. The second kappa shape index (κ2) is 5.29. The standard InChI is InChI=1S/C15H16N4OS/c1-3-18-13-11(14(21)19(4-2)15(18)20)16-12(17-13)10-8-6-5-7-9-10/h5-9H,3-4H2,1-2H3,(H,16,17). The quantitative estimate of drug-likeness (QED) is 0.757. The summed E-state index contributed by atoms with van der Waals surface area (Å²) in [7, 11) is 0. The molecule has 0 aliphatic rings. The number of imidazole rings is 1. The monoisotopic (exact) mass is 300 g/mol. The molecule has 1 N–H and O–H groups in total. The van der Waals surface area contributed by atoms with E-state index < -0.39 is 0 Å². The van der Waals surface area contributed by atoms with E-state index in [1.165, 1.54) is 0 Å². The van der Waals surface area contributed by atoms with Crippen molar-refractivity contribution in [2.45, 2.75) is 26.9 Å². The van der Waals surface area contributed by atoms with Gasteiger partial charge < -0.3 is 4.98 Å². The van der Waals surface area contributed by atoms with Crippen molar-refractivity contribution in [1.82, 2.24) is 19.1 Å². The number of nitrogens with one attached hydrogen (secondary N) is 1. The van der Waals surface area contributed by atoms with Gasteiger partial charge in [-0.05, 0) is 13.8 Å². The molecule has 108 valence electrons. The van der Waals surface area contributed by atoms with Crippen molar-refractivity contribution in [1.29, 1.82) is 0 Å². The van der Waals surface area contributed by atoms with Crippen molar-refractivity contribution < 1.29 is 0 Å². The lowest BCUT2D eigenvalue weighted by Crippen LogP contribution is -2.30. The maximum atomic E-state index is 12.4. The van der Waals surface area contributed by atoms with Gasteiger partial charge in [0.05, 0.1) is 0 Å². The Morgan fingerprint density at radius 1 is 1.14 bits per heavy atom. The zero-order valence-electron chi connectivity index (χ0n) is 12.0. The van der Waals surface area contributed by atoms with Gasteiger partial charge in [-0.15, -0.1) is 0 Å². The highest BCUT2D eigenvalue weighted by atomic mass is 32.1. The fourth-order valence-electron chi connectivity index (χ4n) is 2.46. The number of hydrogen-bond donors (Lipinski definition) is 1.